The number of benzene rings is 2. The molecule has 0 aliphatic rings. The predicted octanol–water partition coefficient (Wildman–Crippen LogP) is 6.14. The largest absolute Gasteiger partial charge is 0.416 e. The number of hydrogen-bond acceptors (Lipinski definition) is 3. The first-order valence-corrected chi connectivity index (χ1v) is 8.74. The Hall–Kier alpha value is -2.13. The Bertz CT molecular complexity index is 950. The summed E-state index contributed by atoms with van der Waals surface area (Å²) >= 11 is 6.58. The van der Waals surface area contributed by atoms with E-state index in [0.717, 1.165) is 12.1 Å². The highest BCUT2D eigenvalue weighted by Gasteiger charge is 2.30. The number of aromatic nitrogens is 1. The Morgan fingerprint density at radius 3 is 2.35 bits per heavy atom. The fourth-order valence-corrected chi connectivity index (χ4v) is 3.57. The highest BCUT2D eigenvalue weighted by Crippen LogP contribution is 2.33. The molecule has 3 rings (SSSR count). The monoisotopic (exact) mass is 488 g/mol. The van der Waals surface area contributed by atoms with E-state index in [9.17, 15) is 18.0 Å². The molecule has 134 valence electrons. The van der Waals surface area contributed by atoms with Crippen LogP contribution in [-0.4, -0.2) is 11.1 Å². The van der Waals surface area contributed by atoms with Gasteiger partial charge in [-0.2, -0.15) is 13.2 Å². The highest BCUT2D eigenvalue weighted by molar-refractivity contribution is 9.11. The maximum absolute atomic E-state index is 12.8. The van der Waals surface area contributed by atoms with Gasteiger partial charge in [0, 0.05) is 20.6 Å². The van der Waals surface area contributed by atoms with E-state index >= 15 is 0 Å². The number of alkyl halides is 3. The predicted molar refractivity (Wildman–Crippen MR) is 96.7 cm³/mol. The van der Waals surface area contributed by atoms with Gasteiger partial charge < -0.3 is 9.84 Å². The molecule has 1 amide bonds. The number of amides is 1. The Morgan fingerprint density at radius 1 is 1.04 bits per heavy atom. The molecule has 0 radical (unpaired) electrons. The molecule has 9 heteroatoms. The van der Waals surface area contributed by atoms with Crippen LogP contribution in [0.2, 0.25) is 0 Å². The lowest BCUT2D eigenvalue weighted by atomic mass is 10.1. The average Bonchev–Trinajstić information content (AvgIpc) is 3.02. The van der Waals surface area contributed by atoms with E-state index in [4.69, 9.17) is 4.52 Å². The summed E-state index contributed by atoms with van der Waals surface area (Å²) in [7, 11) is 0. The van der Waals surface area contributed by atoms with Crippen LogP contribution >= 0.6 is 31.9 Å². The van der Waals surface area contributed by atoms with Crippen LogP contribution < -0.4 is 5.32 Å². The third-order valence-electron chi connectivity index (χ3n) is 3.42. The van der Waals surface area contributed by atoms with Crippen LogP contribution in [0.5, 0.6) is 0 Å². The van der Waals surface area contributed by atoms with Crippen molar-refractivity contribution in [3.63, 3.8) is 0 Å². The Labute approximate surface area is 162 Å². The van der Waals surface area contributed by atoms with Crippen LogP contribution in [0.1, 0.15) is 15.9 Å². The van der Waals surface area contributed by atoms with Crippen molar-refractivity contribution in [3.8, 4) is 11.3 Å². The summed E-state index contributed by atoms with van der Waals surface area (Å²) in [6, 6.07) is 11.2. The van der Waals surface area contributed by atoms with Crippen molar-refractivity contribution in [1.82, 2.24) is 5.16 Å². The van der Waals surface area contributed by atoms with Crippen molar-refractivity contribution < 1.29 is 22.5 Å². The van der Waals surface area contributed by atoms with Gasteiger partial charge >= 0.3 is 6.18 Å². The molecule has 3 aromatic rings. The topological polar surface area (TPSA) is 55.1 Å². The quantitative estimate of drug-likeness (QED) is 0.481. The number of nitrogens with zero attached hydrogens (tertiary/aromatic N) is 1. The number of carbonyl (C=O) groups is 1. The number of carbonyl (C=O) groups excluding carboxylic acids is 1. The fourth-order valence-electron chi connectivity index (χ4n) is 2.21. The summed E-state index contributed by atoms with van der Waals surface area (Å²) in [4.78, 5) is 12.4. The molecular formula is C17H9Br2F3N2O2. The van der Waals surface area contributed by atoms with Crippen molar-refractivity contribution in [1.29, 1.82) is 0 Å². The first-order chi connectivity index (χ1) is 12.3. The van der Waals surface area contributed by atoms with E-state index in [1.54, 1.807) is 18.2 Å². The molecule has 0 unspecified atom stereocenters. The summed E-state index contributed by atoms with van der Waals surface area (Å²) in [5.74, 6) is -0.254. The van der Waals surface area contributed by atoms with Crippen LogP contribution in [-0.2, 0) is 6.18 Å². The lowest BCUT2D eigenvalue weighted by Gasteiger charge is -2.07. The molecule has 4 nitrogen and oxygen atoms in total. The first kappa shape index (κ1) is 18.7. The smallest absolute Gasteiger partial charge is 0.354 e. The van der Waals surface area contributed by atoms with Gasteiger partial charge in [0.05, 0.1) is 11.1 Å². The van der Waals surface area contributed by atoms with Crippen LogP contribution in [0.4, 0.5) is 19.0 Å². The standard InChI is InChI=1S/C17H9Br2F3N2O2/c18-11-5-2-6-12(19)15(11)16(25)23-14-8-13(26-24-14)9-3-1-4-10(7-9)17(20,21)22/h1-8H,(H,23,24,25). The zero-order valence-electron chi connectivity index (χ0n) is 12.8. The van der Waals surface area contributed by atoms with E-state index in [2.05, 4.69) is 42.3 Å². The molecule has 1 aromatic heterocycles. The van der Waals surface area contributed by atoms with Gasteiger partial charge in [-0.3, -0.25) is 4.79 Å². The Balaban J connectivity index is 1.84. The summed E-state index contributed by atoms with van der Waals surface area (Å²) in [5, 5.41) is 6.24. The van der Waals surface area contributed by atoms with E-state index in [0.29, 0.717) is 14.5 Å². The molecule has 2 aromatic carbocycles. The van der Waals surface area contributed by atoms with Crippen molar-refractivity contribution >= 4 is 43.6 Å². The fraction of sp³-hybridized carbons (Fsp3) is 0.0588. The maximum atomic E-state index is 12.8. The third-order valence-corrected chi connectivity index (χ3v) is 4.74. The number of rotatable bonds is 3. The molecule has 0 saturated heterocycles. The minimum Gasteiger partial charge on any atom is -0.354 e. The van der Waals surface area contributed by atoms with Gasteiger partial charge in [0.25, 0.3) is 5.91 Å². The Morgan fingerprint density at radius 2 is 1.69 bits per heavy atom. The van der Waals surface area contributed by atoms with Crippen LogP contribution in [0.3, 0.4) is 0 Å². The van der Waals surface area contributed by atoms with Gasteiger partial charge in [-0.15, -0.1) is 0 Å². The van der Waals surface area contributed by atoms with Crippen molar-refractivity contribution in [2.24, 2.45) is 0 Å². The summed E-state index contributed by atoms with van der Waals surface area (Å²) in [5.41, 5.74) is -0.236. The molecular weight excluding hydrogens is 481 g/mol. The van der Waals surface area contributed by atoms with Crippen LogP contribution in [0.15, 0.2) is 62.0 Å². The summed E-state index contributed by atoms with van der Waals surface area (Å²) < 4.78 is 44.6. The van der Waals surface area contributed by atoms with Crippen molar-refractivity contribution in [2.75, 3.05) is 5.32 Å². The van der Waals surface area contributed by atoms with Gasteiger partial charge in [0.2, 0.25) is 0 Å². The third kappa shape index (κ3) is 3.99. The maximum Gasteiger partial charge on any atom is 0.416 e. The SMILES string of the molecule is O=C(Nc1cc(-c2cccc(C(F)(F)F)c2)on1)c1c(Br)cccc1Br. The Kier molecular flexibility index (Phi) is 5.19. The van der Waals surface area contributed by atoms with E-state index in [1.807, 2.05) is 0 Å². The van der Waals surface area contributed by atoms with Gasteiger partial charge in [-0.1, -0.05) is 23.4 Å². The zero-order chi connectivity index (χ0) is 18.9. The second kappa shape index (κ2) is 7.24. The molecule has 0 bridgehead atoms. The van der Waals surface area contributed by atoms with Gasteiger partial charge in [-0.05, 0) is 56.1 Å². The van der Waals surface area contributed by atoms with Gasteiger partial charge in [0.15, 0.2) is 11.6 Å². The molecule has 0 spiro atoms. The molecule has 0 saturated carbocycles. The van der Waals surface area contributed by atoms with E-state index in [1.165, 1.54) is 18.2 Å². The van der Waals surface area contributed by atoms with Gasteiger partial charge in [0.1, 0.15) is 0 Å². The number of anilines is 1. The van der Waals surface area contributed by atoms with Crippen molar-refractivity contribution in [2.45, 2.75) is 6.18 Å². The van der Waals surface area contributed by atoms with E-state index in [-0.39, 0.29) is 17.1 Å². The molecule has 0 aliphatic heterocycles. The molecule has 26 heavy (non-hydrogen) atoms. The minimum absolute atomic E-state index is 0.0880. The number of hydrogen-bond donors (Lipinski definition) is 1. The van der Waals surface area contributed by atoms with Crippen molar-refractivity contribution in [3.05, 3.63) is 68.6 Å². The van der Waals surface area contributed by atoms with Crippen LogP contribution in [0.25, 0.3) is 11.3 Å². The molecule has 0 aliphatic carbocycles. The summed E-state index contributed by atoms with van der Waals surface area (Å²) in [6.07, 6.45) is -4.46. The molecule has 1 heterocycles. The molecule has 1 N–H and O–H groups in total. The average molecular weight is 490 g/mol. The number of nitrogens with one attached hydrogen (secondary N) is 1. The van der Waals surface area contributed by atoms with E-state index < -0.39 is 17.6 Å². The highest BCUT2D eigenvalue weighted by atomic mass is 79.9. The summed E-state index contributed by atoms with van der Waals surface area (Å²) in [6.45, 7) is 0. The molecule has 0 atom stereocenters. The van der Waals surface area contributed by atoms with Crippen LogP contribution in [0, 0.1) is 0 Å². The zero-order valence-corrected chi connectivity index (χ0v) is 15.9. The molecule has 0 fully saturated rings. The minimum atomic E-state index is -4.46. The first-order valence-electron chi connectivity index (χ1n) is 7.15. The second-order valence-electron chi connectivity index (χ2n) is 5.21. The normalized spacial score (nSPS) is 11.4. The number of halogens is 5. The lowest BCUT2D eigenvalue weighted by Crippen LogP contribution is -2.13. The second-order valence-corrected chi connectivity index (χ2v) is 6.91. The van der Waals surface area contributed by atoms with Gasteiger partial charge in [-0.25, -0.2) is 0 Å². The lowest BCUT2D eigenvalue weighted by molar-refractivity contribution is -0.137.